The fourth-order valence-corrected chi connectivity index (χ4v) is 3.15. The van der Waals surface area contributed by atoms with E-state index in [0.717, 1.165) is 0 Å². The van der Waals surface area contributed by atoms with Crippen LogP contribution in [0.5, 0.6) is 0 Å². The Kier molecular flexibility index (Phi) is 20.5. The fraction of sp³-hybridized carbons (Fsp3) is 0.667. The van der Waals surface area contributed by atoms with E-state index in [4.69, 9.17) is 28.4 Å². The average molecular weight is 908 g/mol. The van der Waals surface area contributed by atoms with E-state index >= 15 is 0 Å². The average Bonchev–Trinajstić information content (AvgIpc) is 2.89. The second-order valence-electron chi connectivity index (χ2n) is 6.13. The molecule has 0 aliphatic heterocycles. The molecular weight excluding hydrogens is 888 g/mol. The molecule has 0 fully saturated rings. The van der Waals surface area contributed by atoms with Crippen LogP contribution in [0.4, 0.5) is 0 Å². The van der Waals surface area contributed by atoms with Crippen molar-refractivity contribution in [2.75, 3.05) is 45.2 Å². The molecule has 0 saturated carbocycles. The highest BCUT2D eigenvalue weighted by molar-refractivity contribution is 9.10. The molecule has 0 spiro atoms. The molecule has 0 aromatic rings. The van der Waals surface area contributed by atoms with Crippen molar-refractivity contribution in [2.24, 2.45) is 0 Å². The van der Waals surface area contributed by atoms with Crippen molar-refractivity contribution in [1.82, 2.24) is 0 Å². The third-order valence-electron chi connectivity index (χ3n) is 3.63. The summed E-state index contributed by atoms with van der Waals surface area (Å²) < 4.78 is 31.4. The van der Waals surface area contributed by atoms with Gasteiger partial charge in [-0.05, 0) is 0 Å². The van der Waals surface area contributed by atoms with Crippen LogP contribution >= 0.6 is 95.6 Å². The molecule has 0 amide bonds. The minimum Gasteiger partial charge on any atom is -0.461 e. The van der Waals surface area contributed by atoms with E-state index < -0.39 is 73.4 Å². The van der Waals surface area contributed by atoms with Gasteiger partial charge in [-0.1, -0.05) is 95.6 Å². The normalized spacial score (nSPS) is 13.8. The Bertz CT molecular complexity index is 705. The molecule has 0 bridgehead atoms. The van der Waals surface area contributed by atoms with E-state index in [2.05, 4.69) is 95.6 Å². The van der Waals surface area contributed by atoms with Gasteiger partial charge < -0.3 is 28.4 Å². The molecule has 0 aromatic carbocycles. The first kappa shape index (κ1) is 35.7. The van der Waals surface area contributed by atoms with Crippen molar-refractivity contribution >= 4 is 131 Å². The molecule has 4 atom stereocenters. The Balaban J connectivity index is 6.59. The van der Waals surface area contributed by atoms with Crippen LogP contribution in [0, 0.1) is 0 Å². The first-order valence-corrected chi connectivity index (χ1v) is 16.2. The fourth-order valence-electron chi connectivity index (χ4n) is 2.30. The van der Waals surface area contributed by atoms with Crippen LogP contribution in [0.2, 0.25) is 0 Å². The van der Waals surface area contributed by atoms with E-state index in [0.29, 0.717) is 0 Å². The van der Waals surface area contributed by atoms with E-state index in [1.165, 1.54) is 0 Å². The van der Waals surface area contributed by atoms with Gasteiger partial charge >= 0.3 is 35.8 Å². The SMILES string of the molecule is O=C(CBr)OCC(OC(=O)CBr)C(OC(=O)CBr)C(OC(=O)CBr)C(COC(=O)CBr)OC(=O)CBr. The quantitative estimate of drug-likeness (QED) is 0.119. The zero-order valence-electron chi connectivity index (χ0n) is 18.1. The molecule has 0 rings (SSSR count). The number of esters is 6. The number of hydrogen-bond donors (Lipinski definition) is 0. The first-order chi connectivity index (χ1) is 17.1. The predicted molar refractivity (Wildman–Crippen MR) is 144 cm³/mol. The van der Waals surface area contributed by atoms with E-state index in [9.17, 15) is 28.8 Å². The van der Waals surface area contributed by atoms with Crippen molar-refractivity contribution in [1.29, 1.82) is 0 Å². The second kappa shape index (κ2) is 20.6. The summed E-state index contributed by atoms with van der Waals surface area (Å²) in [7, 11) is 0. The van der Waals surface area contributed by atoms with Crippen LogP contribution in [-0.2, 0) is 57.2 Å². The maximum atomic E-state index is 12.3. The van der Waals surface area contributed by atoms with Gasteiger partial charge in [-0.15, -0.1) is 0 Å². The Morgan fingerprint density at radius 2 is 0.667 bits per heavy atom. The van der Waals surface area contributed by atoms with Crippen LogP contribution < -0.4 is 0 Å². The maximum Gasteiger partial charge on any atom is 0.317 e. The number of carbonyl (C=O) groups excluding carboxylic acids is 6. The number of halogens is 6. The van der Waals surface area contributed by atoms with Crippen LogP contribution in [0.1, 0.15) is 0 Å². The van der Waals surface area contributed by atoms with Gasteiger partial charge in [-0.3, -0.25) is 28.8 Å². The van der Waals surface area contributed by atoms with Crippen molar-refractivity contribution in [2.45, 2.75) is 24.4 Å². The molecule has 4 unspecified atom stereocenters. The van der Waals surface area contributed by atoms with Crippen LogP contribution in [0.3, 0.4) is 0 Å². The largest absolute Gasteiger partial charge is 0.461 e. The zero-order valence-corrected chi connectivity index (χ0v) is 27.6. The topological polar surface area (TPSA) is 158 Å². The van der Waals surface area contributed by atoms with Crippen molar-refractivity contribution in [3.63, 3.8) is 0 Å². The Morgan fingerprint density at radius 1 is 0.417 bits per heavy atom. The maximum absolute atomic E-state index is 12.3. The minimum absolute atomic E-state index is 0.200. The molecule has 36 heavy (non-hydrogen) atoms. The number of carbonyl (C=O) groups is 6. The lowest BCUT2D eigenvalue weighted by Crippen LogP contribution is -2.55. The van der Waals surface area contributed by atoms with Gasteiger partial charge in [-0.25, -0.2) is 0 Å². The summed E-state index contributed by atoms with van der Waals surface area (Å²) in [5, 5.41) is -1.62. The summed E-state index contributed by atoms with van der Waals surface area (Å²) in [6.45, 7) is -1.27. The monoisotopic (exact) mass is 902 g/mol. The molecular formula is C18H20Br6O12. The molecule has 0 saturated heterocycles. The number of ether oxygens (including phenoxy) is 6. The van der Waals surface area contributed by atoms with Gasteiger partial charge in [0.25, 0.3) is 0 Å². The zero-order chi connectivity index (χ0) is 27.7. The van der Waals surface area contributed by atoms with Gasteiger partial charge in [0.2, 0.25) is 0 Å². The molecule has 0 radical (unpaired) electrons. The number of alkyl halides is 6. The van der Waals surface area contributed by atoms with Crippen LogP contribution in [0.15, 0.2) is 0 Å². The second-order valence-corrected chi connectivity index (χ2v) is 9.50. The predicted octanol–water partition coefficient (Wildman–Crippen LogP) is 2.09. The third-order valence-corrected chi connectivity index (χ3v) is 6.38. The first-order valence-electron chi connectivity index (χ1n) is 9.51. The standard InChI is InChI=1S/C18H20Br6O12/c19-1-11(25)31-7-9(33-13(27)3-21)17(35-15(29)5-23)18(36-16(30)6-24)10(34-14(28)4-22)8-32-12(26)2-20/h9-10,17-18H,1-8H2. The van der Waals surface area contributed by atoms with Gasteiger partial charge in [-0.2, -0.15) is 0 Å². The van der Waals surface area contributed by atoms with Crippen LogP contribution in [-0.4, -0.2) is 105 Å². The highest BCUT2D eigenvalue weighted by Crippen LogP contribution is 2.22. The summed E-state index contributed by atoms with van der Waals surface area (Å²) in [5.41, 5.74) is 0. The molecule has 0 aliphatic carbocycles. The molecule has 12 nitrogen and oxygen atoms in total. The van der Waals surface area contributed by atoms with Gasteiger partial charge in [0, 0.05) is 0 Å². The minimum atomic E-state index is -1.68. The Morgan fingerprint density at radius 3 is 0.917 bits per heavy atom. The van der Waals surface area contributed by atoms with E-state index in [-0.39, 0.29) is 32.0 Å². The summed E-state index contributed by atoms with van der Waals surface area (Å²) >= 11 is 17.5. The highest BCUT2D eigenvalue weighted by atomic mass is 79.9. The van der Waals surface area contributed by atoms with Gasteiger partial charge in [0.05, 0.1) is 0 Å². The van der Waals surface area contributed by atoms with Crippen molar-refractivity contribution < 1.29 is 57.2 Å². The summed E-state index contributed by atoms with van der Waals surface area (Å²) in [5.74, 6) is -4.98. The third kappa shape index (κ3) is 14.6. The Labute approximate surface area is 256 Å². The number of rotatable bonds is 17. The summed E-state index contributed by atoms with van der Waals surface area (Å²) in [6, 6.07) is 0. The summed E-state index contributed by atoms with van der Waals surface area (Å²) in [6.07, 6.45) is -6.43. The molecule has 0 aromatic heterocycles. The van der Waals surface area contributed by atoms with Crippen molar-refractivity contribution in [3.05, 3.63) is 0 Å². The van der Waals surface area contributed by atoms with E-state index in [1.807, 2.05) is 0 Å². The lowest BCUT2D eigenvalue weighted by atomic mass is 10.0. The highest BCUT2D eigenvalue weighted by Gasteiger charge is 2.45. The van der Waals surface area contributed by atoms with Gasteiger partial charge in [0.1, 0.15) is 45.2 Å². The van der Waals surface area contributed by atoms with E-state index in [1.54, 1.807) is 0 Å². The smallest absolute Gasteiger partial charge is 0.317 e. The molecule has 18 heteroatoms. The Hall–Kier alpha value is -0.300. The summed E-state index contributed by atoms with van der Waals surface area (Å²) in [4.78, 5) is 72.2. The lowest BCUT2D eigenvalue weighted by molar-refractivity contribution is -0.205. The molecule has 0 heterocycles. The molecule has 206 valence electrons. The van der Waals surface area contributed by atoms with Crippen LogP contribution in [0.25, 0.3) is 0 Å². The van der Waals surface area contributed by atoms with Gasteiger partial charge in [0.15, 0.2) is 24.4 Å². The number of hydrogen-bond acceptors (Lipinski definition) is 12. The molecule has 0 aliphatic rings. The lowest BCUT2D eigenvalue weighted by Gasteiger charge is -2.35. The molecule has 0 N–H and O–H groups in total. The van der Waals surface area contributed by atoms with Crippen molar-refractivity contribution in [3.8, 4) is 0 Å².